The number of aromatic hydroxyl groups is 1. The number of nitrogens with zero attached hydrogens (tertiary/aromatic N) is 1. The lowest BCUT2D eigenvalue weighted by molar-refractivity contribution is -0.385. The molecule has 15 nitrogen and oxygen atoms in total. The Labute approximate surface area is 272 Å². The van der Waals surface area contributed by atoms with Crippen LogP contribution < -0.4 is 20.8 Å². The lowest BCUT2D eigenvalue weighted by Crippen LogP contribution is -2.65. The quantitative estimate of drug-likeness (QED) is 0.0933. The van der Waals surface area contributed by atoms with E-state index in [-0.39, 0.29) is 44.8 Å². The highest BCUT2D eigenvalue weighted by Gasteiger charge is 2.53. The van der Waals surface area contributed by atoms with Crippen molar-refractivity contribution in [2.45, 2.75) is 57.4 Å². The Morgan fingerprint density at radius 1 is 1.08 bits per heavy atom. The first-order chi connectivity index (χ1) is 22.7. The van der Waals surface area contributed by atoms with Crippen LogP contribution in [0.1, 0.15) is 35.3 Å². The van der Waals surface area contributed by atoms with Crippen molar-refractivity contribution in [3.8, 4) is 23.0 Å². The molecule has 0 spiro atoms. The summed E-state index contributed by atoms with van der Waals surface area (Å²) in [6.45, 7) is 4.81. The first-order valence-electron chi connectivity index (χ1n) is 14.6. The van der Waals surface area contributed by atoms with Gasteiger partial charge in [0.15, 0.2) is 18.0 Å². The van der Waals surface area contributed by atoms with Crippen LogP contribution in [-0.4, -0.2) is 64.3 Å². The molecule has 0 saturated carbocycles. The number of carbonyl (C=O) groups excluding carboxylic acids is 2. The number of nitro benzene ring substituents is 1. The molecule has 4 atom stereocenters. The van der Waals surface area contributed by atoms with Crippen molar-refractivity contribution in [1.82, 2.24) is 0 Å². The van der Waals surface area contributed by atoms with Crippen molar-refractivity contribution >= 4 is 28.5 Å². The molecule has 1 aliphatic heterocycles. The summed E-state index contributed by atoms with van der Waals surface area (Å²) in [5, 5.41) is 33.7. The van der Waals surface area contributed by atoms with E-state index in [2.05, 4.69) is 0 Å². The second kappa shape index (κ2) is 13.3. The molecule has 0 unspecified atom stereocenters. The van der Waals surface area contributed by atoms with Crippen LogP contribution in [-0.2, 0) is 20.6 Å². The number of aliphatic hydroxyl groups is 1. The van der Waals surface area contributed by atoms with Gasteiger partial charge < -0.3 is 44.0 Å². The highest BCUT2D eigenvalue weighted by molar-refractivity contribution is 5.99. The third-order valence-electron chi connectivity index (χ3n) is 7.89. The van der Waals surface area contributed by atoms with Gasteiger partial charge in [-0.25, -0.2) is 9.59 Å². The molecule has 252 valence electrons. The van der Waals surface area contributed by atoms with Gasteiger partial charge >= 0.3 is 17.4 Å². The predicted octanol–water partition coefficient (Wildman–Crippen LogP) is 4.29. The molecule has 4 aromatic rings. The van der Waals surface area contributed by atoms with Crippen LogP contribution in [0.4, 0.5) is 10.5 Å². The van der Waals surface area contributed by atoms with Crippen LogP contribution in [0.3, 0.4) is 0 Å². The number of ketones is 1. The van der Waals surface area contributed by atoms with E-state index in [1.807, 2.05) is 0 Å². The van der Waals surface area contributed by atoms with Gasteiger partial charge in [0.1, 0.15) is 28.9 Å². The number of primary amides is 1. The van der Waals surface area contributed by atoms with Crippen molar-refractivity contribution in [1.29, 1.82) is 0 Å². The van der Waals surface area contributed by atoms with Gasteiger partial charge in [-0.3, -0.25) is 14.9 Å². The highest BCUT2D eigenvalue weighted by atomic mass is 16.7. The summed E-state index contributed by atoms with van der Waals surface area (Å²) in [6.07, 6.45) is -6.81. The maximum Gasteiger partial charge on any atom is 0.404 e. The van der Waals surface area contributed by atoms with Crippen LogP contribution in [0.5, 0.6) is 23.0 Å². The van der Waals surface area contributed by atoms with Gasteiger partial charge in [0.05, 0.1) is 21.5 Å². The molecule has 1 fully saturated rings. The third-order valence-corrected chi connectivity index (χ3v) is 7.89. The Morgan fingerprint density at radius 2 is 1.79 bits per heavy atom. The summed E-state index contributed by atoms with van der Waals surface area (Å²) in [6, 6.07) is 14.6. The number of amides is 1. The number of aryl methyl sites for hydroxylation is 1. The lowest BCUT2D eigenvalue weighted by atomic mass is 9.89. The summed E-state index contributed by atoms with van der Waals surface area (Å²) >= 11 is 0. The molecule has 0 bridgehead atoms. The molecule has 1 amide bonds. The number of ether oxygens (including phenoxy) is 5. The van der Waals surface area contributed by atoms with E-state index in [0.717, 1.165) is 6.07 Å². The number of para-hydroxylation sites is 1. The SMILES string of the molecule is CO[C@@H]1[C@@H](OC(N)=O)[C@@H](O)[C@H](Oc2ccc3c(O)c(CC(=O)c4ccc([N+](=O)[O-])c(Oc5ccccc5)c4)c(=O)oc3c2C)OC1(C)C. The van der Waals surface area contributed by atoms with E-state index < -0.39 is 64.8 Å². The molecule has 0 radical (unpaired) electrons. The smallest absolute Gasteiger partial charge is 0.404 e. The molecule has 48 heavy (non-hydrogen) atoms. The van der Waals surface area contributed by atoms with Crippen molar-refractivity contribution in [2.75, 3.05) is 7.11 Å². The number of nitro groups is 1. The van der Waals surface area contributed by atoms with Gasteiger partial charge in [-0.05, 0) is 57.2 Å². The van der Waals surface area contributed by atoms with E-state index in [0.29, 0.717) is 5.75 Å². The molecule has 1 aliphatic rings. The Kier molecular flexibility index (Phi) is 9.38. The Morgan fingerprint density at radius 3 is 2.44 bits per heavy atom. The minimum Gasteiger partial charge on any atom is -0.507 e. The number of hydrogen-bond donors (Lipinski definition) is 3. The van der Waals surface area contributed by atoms with Crippen LogP contribution in [0.15, 0.2) is 69.9 Å². The van der Waals surface area contributed by atoms with Gasteiger partial charge in [0.2, 0.25) is 12.0 Å². The molecule has 0 aliphatic carbocycles. The van der Waals surface area contributed by atoms with E-state index in [1.165, 1.54) is 38.3 Å². The zero-order valence-corrected chi connectivity index (χ0v) is 26.2. The summed E-state index contributed by atoms with van der Waals surface area (Å²) in [7, 11) is 1.36. The molecule has 5 rings (SSSR count). The van der Waals surface area contributed by atoms with E-state index in [4.69, 9.17) is 33.8 Å². The lowest BCUT2D eigenvalue weighted by Gasteiger charge is -2.47. The van der Waals surface area contributed by atoms with Crippen molar-refractivity contribution in [3.63, 3.8) is 0 Å². The fourth-order valence-corrected chi connectivity index (χ4v) is 5.56. The second-order valence-electron chi connectivity index (χ2n) is 11.5. The molecule has 3 aromatic carbocycles. The van der Waals surface area contributed by atoms with E-state index in [1.54, 1.807) is 44.2 Å². The zero-order valence-electron chi connectivity index (χ0n) is 26.2. The third kappa shape index (κ3) is 6.64. The number of methoxy groups -OCH3 is 1. The Bertz CT molecular complexity index is 1940. The van der Waals surface area contributed by atoms with Crippen molar-refractivity contribution in [2.24, 2.45) is 5.73 Å². The van der Waals surface area contributed by atoms with Gasteiger partial charge in [0.25, 0.3) is 0 Å². The maximum absolute atomic E-state index is 13.3. The average Bonchev–Trinajstić information content (AvgIpc) is 3.03. The maximum atomic E-state index is 13.3. The number of carbonyl (C=O) groups is 2. The standard InChI is InChI=1S/C33H32N2O13/c1-16-23(45-31-26(38)28(47-32(34)40)29(43-4)33(2,3)48-31)13-11-19-25(37)20(30(39)46-27(16)19)15-22(36)17-10-12-21(35(41)42)24(14-17)44-18-8-6-5-7-9-18/h5-14,26,28-29,31,37-38H,15H2,1-4H3,(H2,34,40)/t26-,28+,29-,31-/m1/s1. The van der Waals surface area contributed by atoms with Crippen LogP contribution >= 0.6 is 0 Å². The summed E-state index contributed by atoms with van der Waals surface area (Å²) in [5.74, 6) is -0.938. The van der Waals surface area contributed by atoms with Gasteiger partial charge in [-0.2, -0.15) is 0 Å². The summed E-state index contributed by atoms with van der Waals surface area (Å²) in [5.41, 5.74) is 2.53. The monoisotopic (exact) mass is 664 g/mol. The molecule has 4 N–H and O–H groups in total. The molecule has 15 heteroatoms. The van der Waals surface area contributed by atoms with Gasteiger partial charge in [-0.15, -0.1) is 0 Å². The first-order valence-corrected chi connectivity index (χ1v) is 14.6. The zero-order chi connectivity index (χ0) is 34.9. The molecular weight excluding hydrogens is 632 g/mol. The fraction of sp³-hybridized carbons (Fsp3) is 0.303. The summed E-state index contributed by atoms with van der Waals surface area (Å²) in [4.78, 5) is 48.9. The normalized spacial score (nSPS) is 20.2. The highest BCUT2D eigenvalue weighted by Crippen LogP contribution is 2.38. The second-order valence-corrected chi connectivity index (χ2v) is 11.5. The number of fused-ring (bicyclic) bond motifs is 1. The van der Waals surface area contributed by atoms with E-state index in [9.17, 15) is 34.7 Å². The number of rotatable bonds is 10. The number of hydrogen-bond acceptors (Lipinski definition) is 13. The number of benzene rings is 3. The van der Waals surface area contributed by atoms with Crippen molar-refractivity contribution < 1.29 is 52.8 Å². The fourth-order valence-electron chi connectivity index (χ4n) is 5.56. The predicted molar refractivity (Wildman–Crippen MR) is 167 cm³/mol. The van der Waals surface area contributed by atoms with Gasteiger partial charge in [0, 0.05) is 30.7 Å². The molecular formula is C33H32N2O13. The van der Waals surface area contributed by atoms with Crippen LogP contribution in [0.25, 0.3) is 11.0 Å². The topological polar surface area (TPSA) is 220 Å². The summed E-state index contributed by atoms with van der Waals surface area (Å²) < 4.78 is 33.6. The Balaban J connectivity index is 1.42. The minimum atomic E-state index is -1.54. The van der Waals surface area contributed by atoms with Crippen LogP contribution in [0.2, 0.25) is 0 Å². The molecule has 1 saturated heterocycles. The van der Waals surface area contributed by atoms with E-state index >= 15 is 0 Å². The first kappa shape index (κ1) is 33.8. The Hall–Kier alpha value is -5.51. The average molecular weight is 665 g/mol. The number of aliphatic hydroxyl groups excluding tert-OH is 1. The van der Waals surface area contributed by atoms with Crippen LogP contribution in [0, 0.1) is 17.0 Å². The molecule has 2 heterocycles. The van der Waals surface area contributed by atoms with Gasteiger partial charge in [-0.1, -0.05) is 18.2 Å². The number of Topliss-reactive ketones (excluding diaryl/α,β-unsaturated/α-hetero) is 1. The minimum absolute atomic E-state index is 0.00588. The number of nitrogens with two attached hydrogens (primary N) is 1. The van der Waals surface area contributed by atoms with Crippen molar-refractivity contribution in [3.05, 3.63) is 97.9 Å². The largest absolute Gasteiger partial charge is 0.507 e. The molecule has 1 aromatic heterocycles.